The summed E-state index contributed by atoms with van der Waals surface area (Å²) in [6, 6.07) is 16.4. The fourth-order valence-electron chi connectivity index (χ4n) is 4.94. The lowest BCUT2D eigenvalue weighted by Gasteiger charge is -2.33. The zero-order chi connectivity index (χ0) is 18.4. The first-order valence-corrected chi connectivity index (χ1v) is 10.9. The van der Waals surface area contributed by atoms with Gasteiger partial charge in [-0.1, -0.05) is 113 Å². The average Bonchev–Trinajstić information content (AvgIpc) is 2.92. The molecule has 1 aliphatic rings. The minimum atomic E-state index is 0.249. The van der Waals surface area contributed by atoms with Gasteiger partial charge in [0, 0.05) is 5.41 Å². The number of fused-ring (bicyclic) bond motifs is 3. The van der Waals surface area contributed by atoms with Gasteiger partial charge in [-0.05, 0) is 35.1 Å². The van der Waals surface area contributed by atoms with Crippen molar-refractivity contribution in [2.45, 2.75) is 83.5 Å². The third kappa shape index (κ3) is 3.78. The van der Waals surface area contributed by atoms with Crippen LogP contribution in [0.3, 0.4) is 0 Å². The van der Waals surface area contributed by atoms with Gasteiger partial charge in [-0.25, -0.2) is 0 Å². The van der Waals surface area contributed by atoms with Crippen LogP contribution >= 0.6 is 0 Å². The van der Waals surface area contributed by atoms with Crippen molar-refractivity contribution in [1.29, 1.82) is 0 Å². The van der Waals surface area contributed by atoms with Crippen molar-refractivity contribution in [2.75, 3.05) is 0 Å². The third-order valence-corrected chi connectivity index (χ3v) is 6.34. The topological polar surface area (TPSA) is 0 Å². The van der Waals surface area contributed by atoms with Crippen molar-refractivity contribution in [3.05, 3.63) is 53.6 Å². The summed E-state index contributed by atoms with van der Waals surface area (Å²) in [5.41, 5.74) is 7.87. The molecule has 138 valence electrons. The van der Waals surface area contributed by atoms with E-state index in [0.717, 1.165) is 0 Å². The standard InChI is InChI=1S/C25H35B/c1-3-5-7-11-17-25(18-12-8-6-4-2)23-14-10-9-13-21(23)22-16-15-20(26)19-24(22)25/h9-10,13-16,19H,3-8,11-12,17-18,26H2,1-2H3. The number of benzene rings is 2. The van der Waals surface area contributed by atoms with E-state index in [1.54, 1.807) is 11.1 Å². The lowest BCUT2D eigenvalue weighted by atomic mass is 9.70. The zero-order valence-electron chi connectivity index (χ0n) is 17.1. The zero-order valence-corrected chi connectivity index (χ0v) is 17.1. The molecule has 26 heavy (non-hydrogen) atoms. The second-order valence-electron chi connectivity index (χ2n) is 8.30. The van der Waals surface area contributed by atoms with Crippen LogP contribution in [-0.2, 0) is 5.41 Å². The van der Waals surface area contributed by atoms with Gasteiger partial charge in [-0.15, -0.1) is 0 Å². The van der Waals surface area contributed by atoms with Crippen LogP contribution in [0.4, 0.5) is 0 Å². The third-order valence-electron chi connectivity index (χ3n) is 6.34. The lowest BCUT2D eigenvalue weighted by Crippen LogP contribution is -2.26. The van der Waals surface area contributed by atoms with Crippen molar-refractivity contribution in [3.8, 4) is 11.1 Å². The molecular weight excluding hydrogens is 311 g/mol. The maximum atomic E-state index is 2.50. The van der Waals surface area contributed by atoms with Crippen LogP contribution in [0.25, 0.3) is 11.1 Å². The van der Waals surface area contributed by atoms with Crippen LogP contribution in [-0.4, -0.2) is 7.85 Å². The Morgan fingerprint density at radius 2 is 1.31 bits per heavy atom. The second-order valence-corrected chi connectivity index (χ2v) is 8.30. The summed E-state index contributed by atoms with van der Waals surface area (Å²) in [6.45, 7) is 4.62. The smallest absolute Gasteiger partial charge is 0.0886 e. The van der Waals surface area contributed by atoms with E-state index in [1.165, 1.54) is 80.8 Å². The van der Waals surface area contributed by atoms with E-state index in [9.17, 15) is 0 Å². The number of rotatable bonds is 10. The van der Waals surface area contributed by atoms with Crippen LogP contribution < -0.4 is 5.46 Å². The molecule has 0 aromatic heterocycles. The number of unbranched alkanes of at least 4 members (excludes halogenated alkanes) is 6. The summed E-state index contributed by atoms with van der Waals surface area (Å²) in [7, 11) is 2.25. The Morgan fingerprint density at radius 3 is 1.96 bits per heavy atom. The van der Waals surface area contributed by atoms with E-state index in [4.69, 9.17) is 0 Å². The maximum absolute atomic E-state index is 2.50. The SMILES string of the molecule is Bc1ccc2c(c1)C(CCCCCC)(CCCCCC)c1ccccc1-2. The molecule has 0 heterocycles. The molecule has 0 atom stereocenters. The highest BCUT2D eigenvalue weighted by Crippen LogP contribution is 2.53. The van der Waals surface area contributed by atoms with Gasteiger partial charge in [0.2, 0.25) is 0 Å². The van der Waals surface area contributed by atoms with Crippen LogP contribution in [0, 0.1) is 0 Å². The molecule has 3 rings (SSSR count). The molecule has 0 nitrogen and oxygen atoms in total. The molecule has 1 heteroatoms. The van der Waals surface area contributed by atoms with Gasteiger partial charge in [-0.3, -0.25) is 0 Å². The van der Waals surface area contributed by atoms with Gasteiger partial charge in [0.15, 0.2) is 0 Å². The molecule has 0 aliphatic heterocycles. The van der Waals surface area contributed by atoms with E-state index in [2.05, 4.69) is 64.2 Å². The van der Waals surface area contributed by atoms with E-state index < -0.39 is 0 Å². The molecule has 0 spiro atoms. The molecule has 0 saturated carbocycles. The molecule has 0 unspecified atom stereocenters. The first-order valence-electron chi connectivity index (χ1n) is 10.9. The molecule has 0 fully saturated rings. The Hall–Kier alpha value is -1.50. The molecular formula is C25H35B. The van der Waals surface area contributed by atoms with Crippen LogP contribution in [0.1, 0.15) is 89.2 Å². The largest absolute Gasteiger partial charge is 0.139 e. The summed E-state index contributed by atoms with van der Waals surface area (Å²) < 4.78 is 0. The van der Waals surface area contributed by atoms with Gasteiger partial charge in [0.1, 0.15) is 7.85 Å². The summed E-state index contributed by atoms with van der Waals surface area (Å²) >= 11 is 0. The van der Waals surface area contributed by atoms with E-state index in [-0.39, 0.29) is 5.41 Å². The minimum Gasteiger partial charge on any atom is -0.0886 e. The molecule has 0 bridgehead atoms. The van der Waals surface area contributed by atoms with Crippen molar-refractivity contribution in [3.63, 3.8) is 0 Å². The highest BCUT2D eigenvalue weighted by molar-refractivity contribution is 6.32. The predicted molar refractivity (Wildman–Crippen MR) is 118 cm³/mol. The highest BCUT2D eigenvalue weighted by atomic mass is 14.4. The summed E-state index contributed by atoms with van der Waals surface area (Å²) in [6.07, 6.45) is 13.4. The Bertz CT molecular complexity index is 704. The van der Waals surface area contributed by atoms with Gasteiger partial charge >= 0.3 is 0 Å². The summed E-state index contributed by atoms with van der Waals surface area (Å²) in [5, 5.41) is 0. The van der Waals surface area contributed by atoms with Crippen molar-refractivity contribution < 1.29 is 0 Å². The van der Waals surface area contributed by atoms with Crippen molar-refractivity contribution in [1.82, 2.24) is 0 Å². The van der Waals surface area contributed by atoms with E-state index >= 15 is 0 Å². The van der Waals surface area contributed by atoms with Gasteiger partial charge in [0.05, 0.1) is 0 Å². The highest BCUT2D eigenvalue weighted by Gasteiger charge is 2.41. The first-order chi connectivity index (χ1) is 12.7. The monoisotopic (exact) mass is 346 g/mol. The summed E-state index contributed by atoms with van der Waals surface area (Å²) in [5.74, 6) is 0. The second kappa shape index (κ2) is 8.93. The van der Waals surface area contributed by atoms with Crippen LogP contribution in [0.2, 0.25) is 0 Å². The van der Waals surface area contributed by atoms with Gasteiger partial charge in [-0.2, -0.15) is 0 Å². The van der Waals surface area contributed by atoms with Crippen molar-refractivity contribution >= 4 is 13.3 Å². The number of hydrogen-bond acceptors (Lipinski definition) is 0. The first kappa shape index (κ1) is 19.3. The van der Waals surface area contributed by atoms with E-state index in [0.29, 0.717) is 0 Å². The number of hydrogen-bond donors (Lipinski definition) is 0. The fraction of sp³-hybridized carbons (Fsp3) is 0.520. The lowest BCUT2D eigenvalue weighted by molar-refractivity contribution is 0.401. The van der Waals surface area contributed by atoms with Gasteiger partial charge in [0.25, 0.3) is 0 Å². The molecule has 0 N–H and O–H groups in total. The Kier molecular flexibility index (Phi) is 6.62. The molecule has 2 aromatic carbocycles. The van der Waals surface area contributed by atoms with E-state index in [1.807, 2.05) is 0 Å². The molecule has 0 radical (unpaired) electrons. The normalized spacial score (nSPS) is 14.2. The maximum Gasteiger partial charge on any atom is 0.139 e. The fourth-order valence-corrected chi connectivity index (χ4v) is 4.94. The Morgan fingerprint density at radius 1 is 0.692 bits per heavy atom. The molecule has 1 aliphatic carbocycles. The minimum absolute atomic E-state index is 0.249. The molecule has 2 aromatic rings. The predicted octanol–water partition coefficient (Wildman–Crippen LogP) is 6.15. The van der Waals surface area contributed by atoms with Crippen LogP contribution in [0.5, 0.6) is 0 Å². The summed E-state index contributed by atoms with van der Waals surface area (Å²) in [4.78, 5) is 0. The molecule has 0 amide bonds. The molecule has 0 saturated heterocycles. The Labute approximate surface area is 161 Å². The average molecular weight is 346 g/mol. The quantitative estimate of drug-likeness (QED) is 0.357. The van der Waals surface area contributed by atoms with Crippen LogP contribution in [0.15, 0.2) is 42.5 Å². The van der Waals surface area contributed by atoms with Gasteiger partial charge < -0.3 is 0 Å². The van der Waals surface area contributed by atoms with Crippen molar-refractivity contribution in [2.24, 2.45) is 0 Å². The Balaban J connectivity index is 1.98.